The molecule has 1 spiro atoms. The second-order valence-electron chi connectivity index (χ2n) is 13.4. The van der Waals surface area contributed by atoms with Crippen LogP contribution in [-0.4, -0.2) is 49.8 Å². The van der Waals surface area contributed by atoms with Crippen LogP contribution >= 0.6 is 0 Å². The van der Waals surface area contributed by atoms with E-state index in [4.69, 9.17) is 4.74 Å². The number of nitrogens with one attached hydrogen (secondary N) is 1. The Hall–Kier alpha value is -3.03. The van der Waals surface area contributed by atoms with Gasteiger partial charge in [0.05, 0.1) is 6.04 Å². The maximum Gasteiger partial charge on any atom is 0.133 e. The third-order valence-electron chi connectivity index (χ3n) is 9.58. The van der Waals surface area contributed by atoms with E-state index in [0.29, 0.717) is 36.4 Å². The third kappa shape index (κ3) is 6.88. The van der Waals surface area contributed by atoms with E-state index < -0.39 is 23.3 Å². The van der Waals surface area contributed by atoms with Crippen LogP contribution in [0.1, 0.15) is 74.2 Å². The van der Waals surface area contributed by atoms with Gasteiger partial charge >= 0.3 is 0 Å². The molecule has 0 aromatic heterocycles. The number of alkyl halides is 1. The van der Waals surface area contributed by atoms with Crippen LogP contribution in [0.4, 0.5) is 18.9 Å². The van der Waals surface area contributed by atoms with E-state index in [9.17, 15) is 0 Å². The van der Waals surface area contributed by atoms with Crippen molar-refractivity contribution in [2.75, 3.05) is 44.2 Å². The second kappa shape index (κ2) is 12.5. The molecule has 2 atom stereocenters. The highest BCUT2D eigenvalue weighted by Gasteiger charge is 2.37. The van der Waals surface area contributed by atoms with Gasteiger partial charge in [0.2, 0.25) is 0 Å². The molecular weight excluding hydrogens is 547 g/mol. The lowest BCUT2D eigenvalue weighted by Gasteiger charge is -2.40. The van der Waals surface area contributed by atoms with Gasteiger partial charge in [-0.2, -0.15) is 0 Å². The lowest BCUT2D eigenvalue weighted by Crippen LogP contribution is -2.43. The molecule has 0 bridgehead atoms. The summed E-state index contributed by atoms with van der Waals surface area (Å²) >= 11 is 0. The van der Waals surface area contributed by atoms with Crippen LogP contribution in [0.25, 0.3) is 0 Å². The smallest absolute Gasteiger partial charge is 0.133 e. The molecule has 3 aromatic carbocycles. The highest BCUT2D eigenvalue weighted by Crippen LogP contribution is 2.42. The van der Waals surface area contributed by atoms with Gasteiger partial charge in [-0.15, -0.1) is 0 Å². The summed E-state index contributed by atoms with van der Waals surface area (Å²) in [4.78, 5) is 4.03. The van der Waals surface area contributed by atoms with Crippen molar-refractivity contribution in [1.29, 1.82) is 0 Å². The quantitative estimate of drug-likeness (QED) is 0.306. The topological polar surface area (TPSA) is 27.7 Å². The van der Waals surface area contributed by atoms with Crippen LogP contribution in [-0.2, 0) is 13.0 Å². The molecule has 3 aromatic rings. The van der Waals surface area contributed by atoms with Gasteiger partial charge in [0.15, 0.2) is 0 Å². The minimum absolute atomic E-state index is 0.00493. The number of fused-ring (bicyclic) bond motifs is 1. The maximum absolute atomic E-state index is 16.2. The Morgan fingerprint density at radius 2 is 1.70 bits per heavy atom. The fraction of sp³-hybridized carbons (Fsp3) is 0.500. The molecule has 2 unspecified atom stereocenters. The molecule has 7 heteroatoms. The highest BCUT2D eigenvalue weighted by atomic mass is 19.1. The van der Waals surface area contributed by atoms with Gasteiger partial charge in [0.1, 0.15) is 29.7 Å². The first kappa shape index (κ1) is 30.0. The van der Waals surface area contributed by atoms with E-state index in [1.807, 2.05) is 53.4 Å². The number of ether oxygens (including phenoxy) is 1. The van der Waals surface area contributed by atoms with E-state index in [0.717, 1.165) is 62.1 Å². The van der Waals surface area contributed by atoms with Crippen LogP contribution < -0.4 is 15.0 Å². The molecule has 0 aliphatic carbocycles. The number of hydrogen-bond acceptors (Lipinski definition) is 4. The fourth-order valence-electron chi connectivity index (χ4n) is 7.46. The van der Waals surface area contributed by atoms with Crippen LogP contribution in [0.5, 0.6) is 5.75 Å². The van der Waals surface area contributed by atoms with E-state index >= 15 is 13.2 Å². The summed E-state index contributed by atoms with van der Waals surface area (Å²) in [6.45, 7) is 7.73. The Morgan fingerprint density at radius 1 is 0.930 bits per heavy atom. The predicted octanol–water partition coefficient (Wildman–Crippen LogP) is 7.60. The van der Waals surface area contributed by atoms with E-state index in [1.165, 1.54) is 38.8 Å². The van der Waals surface area contributed by atoms with Gasteiger partial charge in [0, 0.05) is 44.0 Å². The van der Waals surface area contributed by atoms with Crippen molar-refractivity contribution >= 4 is 5.69 Å². The van der Waals surface area contributed by atoms with Crippen LogP contribution in [0.3, 0.4) is 0 Å². The van der Waals surface area contributed by atoms with Crippen molar-refractivity contribution in [1.82, 2.24) is 10.2 Å². The molecule has 1 N–H and O–H groups in total. The summed E-state index contributed by atoms with van der Waals surface area (Å²) in [6, 6.07) is 17.9. The van der Waals surface area contributed by atoms with Crippen molar-refractivity contribution in [3.05, 3.63) is 94.6 Å². The summed E-state index contributed by atoms with van der Waals surface area (Å²) in [5, 5.41) is 3.56. The summed E-state index contributed by atoms with van der Waals surface area (Å²) in [6.07, 6.45) is 6.23. The van der Waals surface area contributed by atoms with Gasteiger partial charge < -0.3 is 15.0 Å². The van der Waals surface area contributed by atoms with E-state index in [1.54, 1.807) is 0 Å². The van der Waals surface area contributed by atoms with Crippen LogP contribution in [0, 0.1) is 17.0 Å². The first-order valence-corrected chi connectivity index (χ1v) is 15.9. The molecule has 230 valence electrons. The van der Waals surface area contributed by atoms with E-state index in [2.05, 4.69) is 10.2 Å². The normalized spacial score (nSPS) is 23.2. The summed E-state index contributed by atoms with van der Waals surface area (Å²) in [5.41, 5.74) is 2.21. The predicted molar refractivity (Wildman–Crippen MR) is 166 cm³/mol. The number of nitrogens with zero attached hydrogens (tertiary/aromatic N) is 2. The molecule has 3 heterocycles. The zero-order valence-electron chi connectivity index (χ0n) is 25.5. The summed E-state index contributed by atoms with van der Waals surface area (Å²) in [5.74, 6) is -0.432. The molecule has 0 radical (unpaired) electrons. The van der Waals surface area contributed by atoms with Gasteiger partial charge in [-0.05, 0) is 105 Å². The molecule has 6 rings (SSSR count). The number of rotatable bonds is 7. The Morgan fingerprint density at radius 3 is 2.42 bits per heavy atom. The Kier molecular flexibility index (Phi) is 8.74. The first-order chi connectivity index (χ1) is 20.7. The third-order valence-corrected chi connectivity index (χ3v) is 9.58. The van der Waals surface area contributed by atoms with Crippen molar-refractivity contribution in [3.8, 4) is 5.75 Å². The molecule has 2 fully saturated rings. The largest absolute Gasteiger partial charge is 0.489 e. The number of hydrogen-bond donors (Lipinski definition) is 1. The van der Waals surface area contributed by atoms with Gasteiger partial charge in [-0.3, -0.25) is 4.90 Å². The van der Waals surface area contributed by atoms with Crippen molar-refractivity contribution in [2.24, 2.45) is 5.41 Å². The van der Waals surface area contributed by atoms with Crippen molar-refractivity contribution in [2.45, 2.75) is 70.7 Å². The Balaban J connectivity index is 1.28. The maximum atomic E-state index is 16.2. The monoisotopic (exact) mass is 591 g/mol. The van der Waals surface area contributed by atoms with Crippen LogP contribution in [0.15, 0.2) is 60.7 Å². The Labute approximate surface area is 254 Å². The average Bonchev–Trinajstić information content (AvgIpc) is 3.19. The lowest BCUT2D eigenvalue weighted by molar-refractivity contribution is 0.0972. The Bertz CT molecular complexity index is 1380. The second-order valence-corrected chi connectivity index (χ2v) is 13.4. The molecule has 0 amide bonds. The summed E-state index contributed by atoms with van der Waals surface area (Å²) < 4.78 is 53.4. The average molecular weight is 592 g/mol. The molecule has 0 saturated carbocycles. The standard InChI is InChI=1S/C36H44F3N3O/c1-35(2,39)25-42-18-12-27-20-29(43-23-26-8-4-3-5-9-26)10-11-30(27)34(42)33-31(37)21-28(22-32(33)38)41-17-7-14-36(15-19-41)13-6-16-40-24-36/h3-5,8-11,20-22,34,40H,6-7,12-19,23-25H2,1-2H3. The fourth-order valence-corrected chi connectivity index (χ4v) is 7.46. The molecule has 2 saturated heterocycles. The van der Waals surface area contributed by atoms with E-state index in [-0.39, 0.29) is 12.1 Å². The summed E-state index contributed by atoms with van der Waals surface area (Å²) in [7, 11) is 0. The first-order valence-electron chi connectivity index (χ1n) is 15.9. The molecule has 4 nitrogen and oxygen atoms in total. The molecular formula is C36H44F3N3O. The lowest BCUT2D eigenvalue weighted by atomic mass is 9.75. The molecule has 3 aliphatic heterocycles. The number of halogens is 3. The zero-order chi connectivity index (χ0) is 30.0. The van der Waals surface area contributed by atoms with Gasteiger partial charge in [-0.25, -0.2) is 13.2 Å². The minimum Gasteiger partial charge on any atom is -0.489 e. The molecule has 43 heavy (non-hydrogen) atoms. The number of piperidine rings is 1. The SMILES string of the molecule is CC(C)(F)CN1CCc2cc(OCc3ccccc3)ccc2C1c1c(F)cc(N2CCCC3(CCCNC3)CC2)cc1F. The van der Waals surface area contributed by atoms with Gasteiger partial charge in [0.25, 0.3) is 0 Å². The number of anilines is 1. The van der Waals surface area contributed by atoms with Gasteiger partial charge in [-0.1, -0.05) is 36.4 Å². The van der Waals surface area contributed by atoms with Crippen LogP contribution in [0.2, 0.25) is 0 Å². The number of benzene rings is 3. The minimum atomic E-state index is -1.52. The van der Waals surface area contributed by atoms with Crippen molar-refractivity contribution in [3.63, 3.8) is 0 Å². The highest BCUT2D eigenvalue weighted by molar-refractivity contribution is 5.52. The zero-order valence-corrected chi connectivity index (χ0v) is 25.5. The molecule has 3 aliphatic rings. The van der Waals surface area contributed by atoms with Crippen molar-refractivity contribution < 1.29 is 17.9 Å².